The fourth-order valence-electron chi connectivity index (χ4n) is 3.30. The fraction of sp³-hybridized carbons (Fsp3) is 0.333. The van der Waals surface area contributed by atoms with Crippen molar-refractivity contribution in [2.45, 2.75) is 44.1 Å². The summed E-state index contributed by atoms with van der Waals surface area (Å²) in [6.45, 7) is 3.37. The fourth-order valence-corrected chi connectivity index (χ4v) is 4.01. The van der Waals surface area contributed by atoms with Crippen LogP contribution in [0.2, 0.25) is 0 Å². The molecule has 2 aromatic carbocycles. The maximum Gasteiger partial charge on any atom is 0.362 e. The van der Waals surface area contributed by atoms with Crippen molar-refractivity contribution in [3.8, 4) is 11.8 Å². The summed E-state index contributed by atoms with van der Waals surface area (Å²) >= 11 is -1.51. The minimum atomic E-state index is -1.51. The summed E-state index contributed by atoms with van der Waals surface area (Å²) in [4.78, 5) is 18.3. The quantitative estimate of drug-likeness (QED) is 0.370. The summed E-state index contributed by atoms with van der Waals surface area (Å²) in [5, 5.41) is 4.01. The van der Waals surface area contributed by atoms with E-state index < -0.39 is 33.8 Å². The van der Waals surface area contributed by atoms with Crippen LogP contribution in [0.3, 0.4) is 0 Å². The van der Waals surface area contributed by atoms with Crippen LogP contribution in [0.5, 0.6) is 0 Å². The molecule has 1 aliphatic heterocycles. The van der Waals surface area contributed by atoms with Crippen molar-refractivity contribution >= 4 is 22.9 Å². The molecule has 0 N–H and O–H groups in total. The molecule has 3 rings (SSSR count). The minimum absolute atomic E-state index is 0.0952. The predicted molar refractivity (Wildman–Crippen MR) is 118 cm³/mol. The van der Waals surface area contributed by atoms with E-state index in [1.54, 1.807) is 26.0 Å². The van der Waals surface area contributed by atoms with Gasteiger partial charge in [-0.3, -0.25) is 0 Å². The third kappa shape index (κ3) is 5.46. The average Bonchev–Trinajstić information content (AvgIpc) is 3.20. The molecule has 162 valence electrons. The molecule has 0 aromatic heterocycles. The third-order valence-electron chi connectivity index (χ3n) is 5.18. The highest BCUT2D eigenvalue weighted by molar-refractivity contribution is 7.92. The predicted octanol–water partition coefficient (Wildman–Crippen LogP) is 3.96. The Hall–Kier alpha value is -2.82. The summed E-state index contributed by atoms with van der Waals surface area (Å²) in [7, 11) is 0. The van der Waals surface area contributed by atoms with Gasteiger partial charge in [0.2, 0.25) is 4.75 Å². The van der Waals surface area contributed by atoms with Crippen molar-refractivity contribution in [3.63, 3.8) is 0 Å². The molecule has 0 amide bonds. The molecule has 3 atom stereocenters. The lowest BCUT2D eigenvalue weighted by Crippen LogP contribution is -2.46. The van der Waals surface area contributed by atoms with E-state index in [2.05, 4.69) is 17.0 Å². The number of rotatable bonds is 7. The molecule has 7 heteroatoms. The number of carbonyl (C=O) groups excluding carboxylic acids is 1. The van der Waals surface area contributed by atoms with Crippen LogP contribution in [0.25, 0.3) is 0 Å². The number of benzene rings is 2. The Morgan fingerprint density at radius 2 is 2.10 bits per heavy atom. The summed E-state index contributed by atoms with van der Waals surface area (Å²) in [6.07, 6.45) is 1.39. The maximum atomic E-state index is 14.5. The number of ether oxygens (including phenoxy) is 1. The highest BCUT2D eigenvalue weighted by Crippen LogP contribution is 2.31. The zero-order chi connectivity index (χ0) is 22.4. The van der Waals surface area contributed by atoms with Crippen LogP contribution in [-0.2, 0) is 32.2 Å². The van der Waals surface area contributed by atoms with Crippen molar-refractivity contribution in [1.29, 1.82) is 0 Å². The van der Waals surface area contributed by atoms with Gasteiger partial charge in [0.05, 0.1) is 12.0 Å². The molecular weight excluding hydrogens is 417 g/mol. The molecule has 2 aromatic rings. The molecule has 31 heavy (non-hydrogen) atoms. The first kappa shape index (κ1) is 22.9. The normalized spacial score (nSPS) is 18.1. The first-order valence-corrected chi connectivity index (χ1v) is 11.4. The molecule has 0 spiro atoms. The van der Waals surface area contributed by atoms with Crippen LogP contribution >= 0.6 is 0 Å². The van der Waals surface area contributed by atoms with E-state index in [9.17, 15) is 13.7 Å². The van der Waals surface area contributed by atoms with E-state index >= 15 is 0 Å². The van der Waals surface area contributed by atoms with Gasteiger partial charge in [0, 0.05) is 24.0 Å². The van der Waals surface area contributed by atoms with E-state index in [-0.39, 0.29) is 13.0 Å². The topological polar surface area (TPSA) is 71.0 Å². The first-order chi connectivity index (χ1) is 14.8. The second-order valence-corrected chi connectivity index (χ2v) is 9.30. The van der Waals surface area contributed by atoms with E-state index in [1.165, 1.54) is 12.3 Å². The number of esters is 1. The highest BCUT2D eigenvalue weighted by atomic mass is 32.2. The third-order valence-corrected chi connectivity index (χ3v) is 6.78. The highest BCUT2D eigenvalue weighted by Gasteiger charge is 2.48. The van der Waals surface area contributed by atoms with Gasteiger partial charge in [0.25, 0.3) is 0 Å². The van der Waals surface area contributed by atoms with Gasteiger partial charge in [-0.05, 0) is 48.8 Å². The Morgan fingerprint density at radius 3 is 2.74 bits per heavy atom. The Labute approximate surface area is 184 Å². The molecule has 0 saturated carbocycles. The molecule has 1 heterocycles. The molecular formula is C24H24FNO4S. The molecule has 0 saturated heterocycles. The number of nitrogens with zero attached hydrogens (tertiary/aromatic N) is 1. The lowest BCUT2D eigenvalue weighted by Gasteiger charge is -2.29. The number of carbonyl (C=O) groups is 1. The summed E-state index contributed by atoms with van der Waals surface area (Å²) in [6, 6.07) is 14.0. The van der Waals surface area contributed by atoms with Gasteiger partial charge in [0.15, 0.2) is 0 Å². The first-order valence-electron chi connectivity index (χ1n) is 9.83. The monoisotopic (exact) mass is 441 g/mol. The Balaban J connectivity index is 1.66. The van der Waals surface area contributed by atoms with Gasteiger partial charge < -0.3 is 14.1 Å². The van der Waals surface area contributed by atoms with Crippen LogP contribution < -0.4 is 0 Å². The zero-order valence-electron chi connectivity index (χ0n) is 17.7. The van der Waals surface area contributed by atoms with Crippen molar-refractivity contribution in [1.82, 2.24) is 0 Å². The second kappa shape index (κ2) is 9.99. The molecule has 0 radical (unpaired) electrons. The van der Waals surface area contributed by atoms with Gasteiger partial charge in [-0.15, -0.1) is 5.92 Å². The van der Waals surface area contributed by atoms with Crippen LogP contribution in [0.15, 0.2) is 53.7 Å². The number of hydrogen-bond acceptors (Lipinski definition) is 5. The summed E-state index contributed by atoms with van der Waals surface area (Å²) in [5.41, 5.74) is 2.19. The van der Waals surface area contributed by atoms with E-state index in [1.807, 2.05) is 30.3 Å². The van der Waals surface area contributed by atoms with Crippen molar-refractivity contribution in [2.24, 2.45) is 5.16 Å². The molecule has 0 fully saturated rings. The Kier molecular flexibility index (Phi) is 7.37. The zero-order valence-corrected chi connectivity index (χ0v) is 18.5. The lowest BCUT2D eigenvalue weighted by atomic mass is 9.96. The van der Waals surface area contributed by atoms with Gasteiger partial charge in [-0.1, -0.05) is 41.4 Å². The number of hydrogen-bond donors (Lipinski definition) is 0. The standard InChI is InChI=1S/C24H24FNO4S/c1-4-8-17-11-12-20(21(25)13-17)22-14-19(30-26-22)15-24(2,31(3)28)23(27)29-16-18-9-6-5-7-10-18/h5-7,9-13,19H,14-16H2,1-3H3/t19?,24-,31?/m1/s1. The van der Waals surface area contributed by atoms with Crippen molar-refractivity contribution < 1.29 is 23.3 Å². The number of halogens is 1. The summed E-state index contributed by atoms with van der Waals surface area (Å²) < 4.78 is 31.1. The molecule has 2 unspecified atom stereocenters. The average molecular weight is 442 g/mol. The molecule has 5 nitrogen and oxygen atoms in total. The SMILES string of the molecule is CC#Cc1ccc(C2=NOC(C[C@](C)(C(=O)OCc3ccccc3)[S+](C)[O-])C2)c(F)c1. The van der Waals surface area contributed by atoms with Crippen molar-refractivity contribution in [3.05, 3.63) is 71.0 Å². The van der Waals surface area contributed by atoms with E-state index in [0.717, 1.165) is 5.56 Å². The van der Waals surface area contributed by atoms with E-state index in [0.29, 0.717) is 23.3 Å². The van der Waals surface area contributed by atoms with E-state index in [4.69, 9.17) is 9.57 Å². The van der Waals surface area contributed by atoms with Crippen LogP contribution in [-0.4, -0.2) is 33.3 Å². The maximum absolute atomic E-state index is 14.5. The van der Waals surface area contributed by atoms with Gasteiger partial charge in [-0.2, -0.15) is 0 Å². The van der Waals surface area contributed by atoms with Crippen LogP contribution in [0.1, 0.15) is 43.4 Å². The van der Waals surface area contributed by atoms with Gasteiger partial charge in [0.1, 0.15) is 18.5 Å². The van der Waals surface area contributed by atoms with Gasteiger partial charge >= 0.3 is 5.97 Å². The Morgan fingerprint density at radius 1 is 1.35 bits per heavy atom. The molecule has 0 bridgehead atoms. The Bertz CT molecular complexity index is 1030. The minimum Gasteiger partial charge on any atom is -0.616 e. The van der Waals surface area contributed by atoms with Crippen LogP contribution in [0, 0.1) is 17.7 Å². The van der Waals surface area contributed by atoms with Crippen molar-refractivity contribution in [2.75, 3.05) is 6.26 Å². The summed E-state index contributed by atoms with van der Waals surface area (Å²) in [5.74, 6) is 4.53. The molecule has 1 aliphatic rings. The molecule has 0 aliphatic carbocycles. The lowest BCUT2D eigenvalue weighted by molar-refractivity contribution is -0.148. The smallest absolute Gasteiger partial charge is 0.362 e. The number of oxime groups is 1. The second-order valence-electron chi connectivity index (χ2n) is 7.49. The van der Waals surface area contributed by atoms with Crippen LogP contribution in [0.4, 0.5) is 4.39 Å². The largest absolute Gasteiger partial charge is 0.616 e. The van der Waals surface area contributed by atoms with Gasteiger partial charge in [-0.25, -0.2) is 9.18 Å².